The van der Waals surface area contributed by atoms with Crippen LogP contribution in [0.4, 0.5) is 0 Å². The quantitative estimate of drug-likeness (QED) is 0.194. The minimum absolute atomic E-state index is 0.658. The van der Waals surface area contributed by atoms with Crippen molar-refractivity contribution in [2.75, 3.05) is 0 Å². The van der Waals surface area contributed by atoms with E-state index >= 15 is 0 Å². The van der Waals surface area contributed by atoms with E-state index in [4.69, 9.17) is 14.4 Å². The zero-order valence-electron chi connectivity index (χ0n) is 24.9. The number of fused-ring (bicyclic) bond motifs is 12. The van der Waals surface area contributed by atoms with Crippen LogP contribution < -0.4 is 0 Å². The third-order valence-corrected chi connectivity index (χ3v) is 10.8. The zero-order valence-corrected chi connectivity index (χ0v) is 25.8. The van der Waals surface area contributed by atoms with Crippen LogP contribution in [0.15, 0.2) is 144 Å². The standard InChI is InChI=1S/C42H23N3OS/c1-2-11-25-23-36-32(22-24(25)10-1)38-31(15-9-18-35(38)46-36)39-30-14-3-6-16-33(30)43-42(44-39)45-34-17-7-4-12-26(34)28-20-21-29-27-13-5-8-19-37(27)47-41(29)40(28)45/h1-23H. The highest BCUT2D eigenvalue weighted by atomic mass is 32.1. The lowest BCUT2D eigenvalue weighted by molar-refractivity contribution is 0.669. The van der Waals surface area contributed by atoms with Gasteiger partial charge in [0.2, 0.25) is 5.95 Å². The molecule has 218 valence electrons. The van der Waals surface area contributed by atoms with Crippen LogP contribution in [-0.4, -0.2) is 14.5 Å². The van der Waals surface area contributed by atoms with Gasteiger partial charge < -0.3 is 4.42 Å². The number of hydrogen-bond acceptors (Lipinski definition) is 4. The molecule has 0 radical (unpaired) electrons. The van der Waals surface area contributed by atoms with Crippen molar-refractivity contribution in [1.29, 1.82) is 0 Å². The number of para-hydroxylation sites is 2. The fraction of sp³-hybridized carbons (Fsp3) is 0. The summed E-state index contributed by atoms with van der Waals surface area (Å²) in [7, 11) is 0. The molecule has 4 nitrogen and oxygen atoms in total. The number of thiophene rings is 1. The maximum atomic E-state index is 6.48. The van der Waals surface area contributed by atoms with Crippen LogP contribution in [0.25, 0.3) is 103 Å². The minimum atomic E-state index is 0.658. The summed E-state index contributed by atoms with van der Waals surface area (Å²) in [5, 5.41) is 10.4. The fourth-order valence-corrected chi connectivity index (χ4v) is 8.76. The highest BCUT2D eigenvalue weighted by Gasteiger charge is 2.22. The number of furan rings is 1. The molecule has 11 rings (SSSR count). The first-order chi connectivity index (χ1) is 23.3. The van der Waals surface area contributed by atoms with Gasteiger partial charge in [0.05, 0.1) is 26.9 Å². The van der Waals surface area contributed by atoms with Gasteiger partial charge >= 0.3 is 0 Å². The summed E-state index contributed by atoms with van der Waals surface area (Å²) in [4.78, 5) is 10.8. The van der Waals surface area contributed by atoms with Crippen molar-refractivity contribution >= 4 is 96.9 Å². The van der Waals surface area contributed by atoms with Gasteiger partial charge in [-0.25, -0.2) is 9.97 Å². The molecule has 0 fully saturated rings. The van der Waals surface area contributed by atoms with Crippen molar-refractivity contribution in [3.63, 3.8) is 0 Å². The highest BCUT2D eigenvalue weighted by Crippen LogP contribution is 2.44. The van der Waals surface area contributed by atoms with E-state index in [-0.39, 0.29) is 0 Å². The van der Waals surface area contributed by atoms with Gasteiger partial charge in [-0.05, 0) is 47.2 Å². The van der Waals surface area contributed by atoms with Gasteiger partial charge in [-0.1, -0.05) is 103 Å². The molecule has 5 heteroatoms. The molecule has 0 spiro atoms. The topological polar surface area (TPSA) is 43.9 Å². The average molecular weight is 618 g/mol. The molecular weight excluding hydrogens is 595 g/mol. The number of rotatable bonds is 2. The first-order valence-electron chi connectivity index (χ1n) is 15.8. The second-order valence-corrected chi connectivity index (χ2v) is 13.2. The predicted molar refractivity (Wildman–Crippen MR) is 197 cm³/mol. The largest absolute Gasteiger partial charge is 0.456 e. The van der Waals surface area contributed by atoms with Gasteiger partial charge in [0.15, 0.2) is 0 Å². The van der Waals surface area contributed by atoms with E-state index in [0.717, 1.165) is 60.5 Å². The first-order valence-corrected chi connectivity index (χ1v) is 16.6. The van der Waals surface area contributed by atoms with E-state index in [1.807, 2.05) is 11.3 Å². The summed E-state index contributed by atoms with van der Waals surface area (Å²) in [6, 6.07) is 49.3. The maximum absolute atomic E-state index is 6.48. The average Bonchev–Trinajstić information content (AvgIpc) is 3.79. The Hall–Kier alpha value is -6.04. The van der Waals surface area contributed by atoms with Gasteiger partial charge in [0.1, 0.15) is 11.2 Å². The Balaban J connectivity index is 1.28. The molecule has 7 aromatic carbocycles. The molecule has 47 heavy (non-hydrogen) atoms. The lowest BCUT2D eigenvalue weighted by atomic mass is 9.99. The number of benzene rings is 7. The van der Waals surface area contributed by atoms with Crippen molar-refractivity contribution in [3.05, 3.63) is 140 Å². The van der Waals surface area contributed by atoms with Crippen molar-refractivity contribution in [1.82, 2.24) is 14.5 Å². The molecule has 0 bridgehead atoms. The van der Waals surface area contributed by atoms with Crippen LogP contribution in [0.5, 0.6) is 0 Å². The first kappa shape index (κ1) is 25.2. The molecule has 0 atom stereocenters. The lowest BCUT2D eigenvalue weighted by Gasteiger charge is -2.12. The Morgan fingerprint density at radius 2 is 1.28 bits per heavy atom. The monoisotopic (exact) mass is 617 g/mol. The summed E-state index contributed by atoms with van der Waals surface area (Å²) < 4.78 is 11.3. The number of nitrogens with zero attached hydrogens (tertiary/aromatic N) is 3. The van der Waals surface area contributed by atoms with Crippen molar-refractivity contribution in [3.8, 4) is 17.2 Å². The van der Waals surface area contributed by atoms with Gasteiger partial charge in [-0.3, -0.25) is 4.57 Å². The molecule has 4 aromatic heterocycles. The molecule has 0 unspecified atom stereocenters. The normalized spacial score (nSPS) is 12.3. The molecule has 0 amide bonds. The van der Waals surface area contributed by atoms with Crippen molar-refractivity contribution in [2.24, 2.45) is 0 Å². The van der Waals surface area contributed by atoms with Gasteiger partial charge in [0.25, 0.3) is 0 Å². The Bertz CT molecular complexity index is 3090. The van der Waals surface area contributed by atoms with Crippen LogP contribution >= 0.6 is 11.3 Å². The third kappa shape index (κ3) is 3.46. The summed E-state index contributed by atoms with van der Waals surface area (Å²) >= 11 is 1.84. The molecule has 11 aromatic rings. The van der Waals surface area contributed by atoms with Gasteiger partial charge in [-0.15, -0.1) is 11.3 Å². The van der Waals surface area contributed by atoms with Gasteiger partial charge in [-0.2, -0.15) is 0 Å². The third-order valence-electron chi connectivity index (χ3n) is 9.59. The Morgan fingerprint density at radius 1 is 0.532 bits per heavy atom. The number of hydrogen-bond donors (Lipinski definition) is 0. The summed E-state index contributed by atoms with van der Waals surface area (Å²) in [6.07, 6.45) is 0. The van der Waals surface area contributed by atoms with Crippen LogP contribution in [0, 0.1) is 0 Å². The van der Waals surface area contributed by atoms with Crippen LogP contribution in [0.1, 0.15) is 0 Å². The molecule has 0 aliphatic carbocycles. The summed E-state index contributed by atoms with van der Waals surface area (Å²) in [5.74, 6) is 0.658. The zero-order chi connectivity index (χ0) is 30.6. The number of aromatic nitrogens is 3. The smallest absolute Gasteiger partial charge is 0.235 e. The maximum Gasteiger partial charge on any atom is 0.235 e. The Labute approximate surface area is 271 Å². The molecular formula is C42H23N3OS. The minimum Gasteiger partial charge on any atom is -0.456 e. The van der Waals surface area contributed by atoms with E-state index < -0.39 is 0 Å². The fourth-order valence-electron chi connectivity index (χ4n) is 7.52. The van der Waals surface area contributed by atoms with Crippen LogP contribution in [0.3, 0.4) is 0 Å². The summed E-state index contributed by atoms with van der Waals surface area (Å²) in [6.45, 7) is 0. The van der Waals surface area contributed by atoms with Crippen molar-refractivity contribution < 1.29 is 4.42 Å². The van der Waals surface area contributed by atoms with E-state index in [0.29, 0.717) is 5.95 Å². The predicted octanol–water partition coefficient (Wildman–Crippen LogP) is 11.8. The molecule has 4 heterocycles. The van der Waals surface area contributed by atoms with Gasteiger partial charge in [0, 0.05) is 48.0 Å². The second kappa shape index (κ2) is 9.25. The molecule has 0 saturated heterocycles. The lowest BCUT2D eigenvalue weighted by Crippen LogP contribution is -2.03. The second-order valence-electron chi connectivity index (χ2n) is 12.2. The van der Waals surface area contributed by atoms with E-state index in [1.54, 1.807) is 0 Å². The Morgan fingerprint density at radius 3 is 2.19 bits per heavy atom. The molecule has 0 saturated carbocycles. The van der Waals surface area contributed by atoms with Crippen LogP contribution in [0.2, 0.25) is 0 Å². The Kier molecular flexibility index (Phi) is 4.96. The van der Waals surface area contributed by atoms with E-state index in [1.165, 1.54) is 36.3 Å². The summed E-state index contributed by atoms with van der Waals surface area (Å²) in [5.41, 5.74) is 6.78. The molecule has 0 aliphatic heterocycles. The van der Waals surface area contributed by atoms with Crippen molar-refractivity contribution in [2.45, 2.75) is 0 Å². The van der Waals surface area contributed by atoms with Crippen LogP contribution in [-0.2, 0) is 0 Å². The van der Waals surface area contributed by atoms with E-state index in [2.05, 4.69) is 144 Å². The molecule has 0 N–H and O–H groups in total. The SMILES string of the molecule is c1ccc2cc3c(cc2c1)oc1cccc(-c2nc(-n4c5ccccc5c5ccc6c7ccccc7sc6c54)nc4ccccc24)c13. The molecule has 0 aliphatic rings. The van der Waals surface area contributed by atoms with E-state index in [9.17, 15) is 0 Å². The highest BCUT2D eigenvalue weighted by molar-refractivity contribution is 7.26.